The van der Waals surface area contributed by atoms with Gasteiger partial charge in [0.15, 0.2) is 0 Å². The maximum absolute atomic E-state index is 5.54. The van der Waals surface area contributed by atoms with E-state index >= 15 is 0 Å². The quantitative estimate of drug-likeness (QED) is 0.621. The van der Waals surface area contributed by atoms with Crippen LogP contribution in [0.25, 0.3) is 0 Å². The second kappa shape index (κ2) is 4.69. The third-order valence-electron chi connectivity index (χ3n) is 1.55. The highest BCUT2D eigenvalue weighted by Gasteiger charge is 2.06. The zero-order valence-corrected chi connectivity index (χ0v) is 6.77. The SMILES string of the molecule is ClCCCC1N=CCCN1. The van der Waals surface area contributed by atoms with E-state index in [1.807, 2.05) is 6.21 Å². The Hall–Kier alpha value is -0.0800. The molecule has 1 heterocycles. The molecule has 1 atom stereocenters. The third kappa shape index (κ3) is 2.67. The van der Waals surface area contributed by atoms with E-state index in [4.69, 9.17) is 11.6 Å². The van der Waals surface area contributed by atoms with Gasteiger partial charge in [0, 0.05) is 18.6 Å². The van der Waals surface area contributed by atoms with Crippen LogP contribution < -0.4 is 5.32 Å². The van der Waals surface area contributed by atoms with Gasteiger partial charge in [0.05, 0.1) is 6.17 Å². The fourth-order valence-corrected chi connectivity index (χ4v) is 1.17. The monoisotopic (exact) mass is 160 g/mol. The molecule has 0 bridgehead atoms. The summed E-state index contributed by atoms with van der Waals surface area (Å²) in [6, 6.07) is 0. The molecule has 58 valence electrons. The molecule has 1 aliphatic heterocycles. The number of alkyl halides is 1. The van der Waals surface area contributed by atoms with Crippen LogP contribution in [0.15, 0.2) is 4.99 Å². The minimum atomic E-state index is 0.340. The highest BCUT2D eigenvalue weighted by atomic mass is 35.5. The van der Waals surface area contributed by atoms with Crippen LogP contribution in [-0.4, -0.2) is 24.8 Å². The molecule has 0 aromatic rings. The van der Waals surface area contributed by atoms with Crippen molar-refractivity contribution in [3.63, 3.8) is 0 Å². The molecule has 0 aromatic heterocycles. The van der Waals surface area contributed by atoms with Gasteiger partial charge in [-0.3, -0.25) is 10.3 Å². The number of hydrogen-bond donors (Lipinski definition) is 1. The van der Waals surface area contributed by atoms with E-state index in [2.05, 4.69) is 10.3 Å². The molecule has 1 aliphatic rings. The minimum Gasteiger partial charge on any atom is -0.295 e. The zero-order valence-electron chi connectivity index (χ0n) is 6.02. The lowest BCUT2D eigenvalue weighted by molar-refractivity contribution is 0.488. The van der Waals surface area contributed by atoms with Crippen molar-refractivity contribution in [3.05, 3.63) is 0 Å². The summed E-state index contributed by atoms with van der Waals surface area (Å²) in [6.07, 6.45) is 5.52. The highest BCUT2D eigenvalue weighted by Crippen LogP contribution is 2.02. The van der Waals surface area contributed by atoms with Crippen LogP contribution in [0.4, 0.5) is 0 Å². The van der Waals surface area contributed by atoms with Crippen molar-refractivity contribution in [1.82, 2.24) is 5.32 Å². The first kappa shape index (κ1) is 8.02. The lowest BCUT2D eigenvalue weighted by Gasteiger charge is -2.16. The average molecular weight is 161 g/mol. The molecule has 1 N–H and O–H groups in total. The second-order valence-corrected chi connectivity index (χ2v) is 2.80. The Morgan fingerprint density at radius 3 is 3.20 bits per heavy atom. The van der Waals surface area contributed by atoms with Crippen LogP contribution in [0.2, 0.25) is 0 Å². The Labute approximate surface area is 66.7 Å². The van der Waals surface area contributed by atoms with Crippen LogP contribution >= 0.6 is 11.6 Å². The molecule has 2 nitrogen and oxygen atoms in total. The van der Waals surface area contributed by atoms with E-state index in [0.29, 0.717) is 6.17 Å². The smallest absolute Gasteiger partial charge is 0.0990 e. The Bertz CT molecular complexity index is 114. The van der Waals surface area contributed by atoms with Gasteiger partial charge in [-0.05, 0) is 19.3 Å². The maximum atomic E-state index is 5.54. The lowest BCUT2D eigenvalue weighted by atomic mass is 10.2. The Kier molecular flexibility index (Phi) is 3.76. The van der Waals surface area contributed by atoms with Crippen LogP contribution in [0.3, 0.4) is 0 Å². The average Bonchev–Trinajstić information content (AvgIpc) is 2.03. The van der Waals surface area contributed by atoms with Gasteiger partial charge in [-0.25, -0.2) is 0 Å². The molecule has 3 heteroatoms. The normalized spacial score (nSPS) is 25.1. The molecule has 0 saturated heterocycles. The minimum absolute atomic E-state index is 0.340. The molecule has 1 unspecified atom stereocenters. The molecule has 0 amide bonds. The van der Waals surface area contributed by atoms with Crippen molar-refractivity contribution in [3.8, 4) is 0 Å². The predicted molar refractivity (Wildman–Crippen MR) is 44.9 cm³/mol. The van der Waals surface area contributed by atoms with Gasteiger partial charge in [0.2, 0.25) is 0 Å². The van der Waals surface area contributed by atoms with E-state index in [0.717, 1.165) is 31.7 Å². The number of nitrogens with one attached hydrogen (secondary N) is 1. The van der Waals surface area contributed by atoms with Crippen molar-refractivity contribution in [1.29, 1.82) is 0 Å². The Balaban J connectivity index is 2.13. The summed E-state index contributed by atoms with van der Waals surface area (Å²) in [5, 5.41) is 3.30. The number of nitrogens with zero attached hydrogens (tertiary/aromatic N) is 1. The van der Waals surface area contributed by atoms with E-state index in [1.54, 1.807) is 0 Å². The Morgan fingerprint density at radius 1 is 1.70 bits per heavy atom. The number of aliphatic imine (C=N–C) groups is 1. The van der Waals surface area contributed by atoms with E-state index in [-0.39, 0.29) is 0 Å². The standard InChI is InChI=1S/C7H13ClN2/c8-4-1-3-7-9-5-2-6-10-7/h5,7,10H,1-4,6H2. The zero-order chi connectivity index (χ0) is 7.23. The number of halogens is 1. The number of hydrogen-bond acceptors (Lipinski definition) is 2. The predicted octanol–water partition coefficient (Wildman–Crippen LogP) is 1.40. The highest BCUT2D eigenvalue weighted by molar-refractivity contribution is 6.17. The molecule has 0 aliphatic carbocycles. The molecule has 0 fully saturated rings. The van der Waals surface area contributed by atoms with Gasteiger partial charge in [-0.1, -0.05) is 0 Å². The first-order chi connectivity index (χ1) is 4.93. The van der Waals surface area contributed by atoms with E-state index < -0.39 is 0 Å². The van der Waals surface area contributed by atoms with Gasteiger partial charge < -0.3 is 0 Å². The first-order valence-electron chi connectivity index (χ1n) is 3.74. The fraction of sp³-hybridized carbons (Fsp3) is 0.857. The lowest BCUT2D eigenvalue weighted by Crippen LogP contribution is -2.31. The largest absolute Gasteiger partial charge is 0.295 e. The molecule has 0 spiro atoms. The Morgan fingerprint density at radius 2 is 2.60 bits per heavy atom. The summed E-state index contributed by atoms with van der Waals surface area (Å²) >= 11 is 5.54. The molecule has 0 aromatic carbocycles. The van der Waals surface area contributed by atoms with Gasteiger partial charge >= 0.3 is 0 Å². The second-order valence-electron chi connectivity index (χ2n) is 2.42. The summed E-state index contributed by atoms with van der Waals surface area (Å²) in [7, 11) is 0. The summed E-state index contributed by atoms with van der Waals surface area (Å²) in [5.41, 5.74) is 0. The van der Waals surface area contributed by atoms with Crippen LogP contribution in [0.1, 0.15) is 19.3 Å². The molecule has 0 saturated carbocycles. The number of rotatable bonds is 3. The topological polar surface area (TPSA) is 24.4 Å². The van der Waals surface area contributed by atoms with Crippen LogP contribution in [-0.2, 0) is 0 Å². The van der Waals surface area contributed by atoms with Gasteiger partial charge in [-0.15, -0.1) is 11.6 Å². The van der Waals surface area contributed by atoms with Crippen molar-refractivity contribution >= 4 is 17.8 Å². The first-order valence-corrected chi connectivity index (χ1v) is 4.28. The van der Waals surface area contributed by atoms with Crippen LogP contribution in [0.5, 0.6) is 0 Å². The summed E-state index contributed by atoms with van der Waals surface area (Å²) < 4.78 is 0. The van der Waals surface area contributed by atoms with Crippen molar-refractivity contribution < 1.29 is 0 Å². The summed E-state index contributed by atoms with van der Waals surface area (Å²) in [5.74, 6) is 0.744. The van der Waals surface area contributed by atoms with Gasteiger partial charge in [-0.2, -0.15) is 0 Å². The van der Waals surface area contributed by atoms with E-state index in [1.165, 1.54) is 0 Å². The molecular weight excluding hydrogens is 148 g/mol. The maximum Gasteiger partial charge on any atom is 0.0990 e. The molecular formula is C7H13ClN2. The molecule has 1 rings (SSSR count). The molecule has 0 radical (unpaired) electrons. The summed E-state index contributed by atoms with van der Waals surface area (Å²) in [6.45, 7) is 1.07. The van der Waals surface area contributed by atoms with Crippen LogP contribution in [0, 0.1) is 0 Å². The third-order valence-corrected chi connectivity index (χ3v) is 1.82. The fourth-order valence-electron chi connectivity index (χ4n) is 1.02. The van der Waals surface area contributed by atoms with Crippen molar-refractivity contribution in [2.45, 2.75) is 25.4 Å². The summed E-state index contributed by atoms with van der Waals surface area (Å²) in [4.78, 5) is 4.27. The van der Waals surface area contributed by atoms with Gasteiger partial charge in [0.1, 0.15) is 0 Å². The van der Waals surface area contributed by atoms with Gasteiger partial charge in [0.25, 0.3) is 0 Å². The van der Waals surface area contributed by atoms with Crippen molar-refractivity contribution in [2.24, 2.45) is 4.99 Å². The van der Waals surface area contributed by atoms with Crippen molar-refractivity contribution in [2.75, 3.05) is 12.4 Å². The molecule has 10 heavy (non-hydrogen) atoms. The van der Waals surface area contributed by atoms with E-state index in [9.17, 15) is 0 Å².